The van der Waals surface area contributed by atoms with Gasteiger partial charge in [0.15, 0.2) is 25.0 Å². The van der Waals surface area contributed by atoms with Crippen LogP contribution in [0.2, 0.25) is 0 Å². The first-order valence-corrected chi connectivity index (χ1v) is 11.9. The second-order valence-electron chi connectivity index (χ2n) is 6.23. The molecule has 0 saturated carbocycles. The summed E-state index contributed by atoms with van der Waals surface area (Å²) < 4.78 is 123. The van der Waals surface area contributed by atoms with Gasteiger partial charge < -0.3 is 0 Å². The van der Waals surface area contributed by atoms with Gasteiger partial charge in [0.25, 0.3) is 11.4 Å². The van der Waals surface area contributed by atoms with Crippen LogP contribution in [0.15, 0.2) is 36.7 Å². The van der Waals surface area contributed by atoms with Gasteiger partial charge in [0.05, 0.1) is 11.1 Å². The van der Waals surface area contributed by atoms with E-state index >= 15 is 0 Å². The van der Waals surface area contributed by atoms with Gasteiger partial charge in [-0.15, -0.1) is 0 Å². The number of carbonyl (C=O) groups is 2. The molecule has 4 nitrogen and oxygen atoms in total. The van der Waals surface area contributed by atoms with Crippen LogP contribution in [-0.4, -0.2) is 12.6 Å². The number of halogens is 12. The summed E-state index contributed by atoms with van der Waals surface area (Å²) in [6, 6.07) is 7.49. The Morgan fingerprint density at radius 3 is 1.03 bits per heavy atom. The fourth-order valence-corrected chi connectivity index (χ4v) is 2.32. The van der Waals surface area contributed by atoms with Gasteiger partial charge in [-0.3, -0.25) is 9.59 Å². The largest absolute Gasteiger partial charge is 0.298 e. The van der Waals surface area contributed by atoms with Gasteiger partial charge in [-0.25, -0.2) is 0 Å². The number of aldehydes is 2. The molecule has 0 N–H and O–H groups in total. The predicted molar refractivity (Wildman–Crippen MR) is 90.2 cm³/mol. The molecule has 0 unspecified atom stereocenters. The predicted octanol–water partition coefficient (Wildman–Crippen LogP) is 7.33. The molecule has 184 valence electrons. The summed E-state index contributed by atoms with van der Waals surface area (Å²) in [5, 5.41) is 0. The van der Waals surface area contributed by atoms with Crippen LogP contribution in [0, 0.1) is 0 Å². The van der Waals surface area contributed by atoms with Gasteiger partial charge >= 0.3 is 66.0 Å². The van der Waals surface area contributed by atoms with Crippen LogP contribution < -0.4 is 9.13 Å². The van der Waals surface area contributed by atoms with E-state index in [9.17, 15) is 60.0 Å². The molecule has 3 heterocycles. The third-order valence-corrected chi connectivity index (χ3v) is 3.21. The van der Waals surface area contributed by atoms with Gasteiger partial charge in [-0.1, -0.05) is 0 Å². The van der Waals surface area contributed by atoms with Crippen molar-refractivity contribution in [2.24, 2.45) is 0 Å². The van der Waals surface area contributed by atoms with Crippen molar-refractivity contribution in [1.82, 2.24) is 0 Å². The smallest absolute Gasteiger partial charge is 0.277 e. The maximum Gasteiger partial charge on any atom is 0.277 e. The molecule has 0 spiro atoms. The molecule has 0 aromatic carbocycles. The van der Waals surface area contributed by atoms with Crippen LogP contribution in [0.4, 0.5) is 50.4 Å². The molecule has 0 saturated heterocycles. The van der Waals surface area contributed by atoms with Crippen molar-refractivity contribution in [3.8, 4) is 11.4 Å². The van der Waals surface area contributed by atoms with Crippen molar-refractivity contribution in [3.63, 3.8) is 0 Å². The summed E-state index contributed by atoms with van der Waals surface area (Å²) in [5.74, 6) is 0. The molecule has 0 atom stereocenters. The Labute approximate surface area is 170 Å². The van der Waals surface area contributed by atoms with Crippen molar-refractivity contribution in [2.45, 2.75) is 13.1 Å². The molecule has 0 fully saturated rings. The van der Waals surface area contributed by atoms with E-state index in [1.165, 1.54) is 0 Å². The van der Waals surface area contributed by atoms with Crippen molar-refractivity contribution in [2.75, 3.05) is 0 Å². The van der Waals surface area contributed by atoms with Crippen LogP contribution in [0.1, 0.15) is 20.7 Å². The zero-order valence-electron chi connectivity index (χ0n) is 15.2. The van der Waals surface area contributed by atoms with E-state index < -0.39 is 15.6 Å². The molecule has 0 amide bonds. The number of rotatable bonds is 2. The second-order valence-corrected chi connectivity index (χ2v) is 10.1. The number of pyridine rings is 2. The third-order valence-electron chi connectivity index (χ3n) is 3.21. The van der Waals surface area contributed by atoms with E-state index in [-0.39, 0.29) is 0 Å². The molecular formula is C14H12F12N2O2P2. The number of aryl methyl sites for hydroxylation is 2. The molecule has 0 aliphatic carbocycles. The zero-order valence-corrected chi connectivity index (χ0v) is 17.0. The Morgan fingerprint density at radius 2 is 0.812 bits per heavy atom. The Morgan fingerprint density at radius 1 is 0.562 bits per heavy atom. The minimum Gasteiger partial charge on any atom is -0.298 e. The first-order chi connectivity index (χ1) is 13.7. The van der Waals surface area contributed by atoms with E-state index in [2.05, 4.69) is 9.13 Å². The number of carbonyl (C=O) groups excluding carboxylic acids is 2. The first kappa shape index (κ1) is 27.7. The normalized spacial score (nSPS) is 17.1. The third kappa shape index (κ3) is 14.6. The fourth-order valence-electron chi connectivity index (χ4n) is 2.32. The quantitative estimate of drug-likeness (QED) is 0.177. The molecule has 32 heavy (non-hydrogen) atoms. The molecule has 2 aromatic heterocycles. The van der Waals surface area contributed by atoms with Gasteiger partial charge in [-0.2, -0.15) is 9.13 Å². The molecule has 1 aliphatic rings. The molecule has 1 aliphatic heterocycles. The molecule has 2 aromatic rings. The van der Waals surface area contributed by atoms with Crippen LogP contribution in [0.25, 0.3) is 11.4 Å². The minimum atomic E-state index is -10.7. The van der Waals surface area contributed by atoms with Crippen molar-refractivity contribution < 1.29 is 69.1 Å². The van der Waals surface area contributed by atoms with Crippen LogP contribution in [0.3, 0.4) is 0 Å². The molecule has 0 radical (unpaired) electrons. The summed E-state index contributed by atoms with van der Waals surface area (Å²) in [6.45, 7) is 1.61. The number of nitrogens with zero attached hydrogens (tertiary/aromatic N) is 2. The number of aromatic nitrogens is 2. The first-order valence-electron chi connectivity index (χ1n) is 7.82. The standard InChI is InChI=1S/C14H12N2O2.2F6P/c17-9-11-1-3-13-14-4-2-12(10-18)8-16(14)6-5-15(13)7-11;2*1-7(2,3,4,5)6/h1-4,7-10H,5-6H2;;/q+2;2*-1. The average Bonchev–Trinajstić information content (AvgIpc) is 2.55. The second kappa shape index (κ2) is 7.08. The Balaban J connectivity index is 0.000000305. The summed E-state index contributed by atoms with van der Waals surface area (Å²) >= 11 is 0. The fraction of sp³-hybridized carbons (Fsp3) is 0.143. The van der Waals surface area contributed by atoms with Crippen molar-refractivity contribution in [1.29, 1.82) is 0 Å². The van der Waals surface area contributed by atoms with Crippen LogP contribution >= 0.6 is 15.6 Å². The van der Waals surface area contributed by atoms with Gasteiger partial charge in [0.2, 0.25) is 13.1 Å². The summed E-state index contributed by atoms with van der Waals surface area (Å²) in [7, 11) is -21.3. The number of hydrogen-bond donors (Lipinski definition) is 0. The van der Waals surface area contributed by atoms with E-state index in [0.717, 1.165) is 37.0 Å². The van der Waals surface area contributed by atoms with Gasteiger partial charge in [-0.05, 0) is 12.1 Å². The average molecular weight is 530 g/mol. The Bertz CT molecular complexity index is 942. The van der Waals surface area contributed by atoms with Crippen molar-refractivity contribution >= 4 is 28.2 Å². The van der Waals surface area contributed by atoms with Gasteiger partial charge in [0, 0.05) is 12.1 Å². The van der Waals surface area contributed by atoms with E-state index in [0.29, 0.717) is 11.1 Å². The molecule has 0 bridgehead atoms. The monoisotopic (exact) mass is 530 g/mol. The SMILES string of the molecule is F[P-](F)(F)(F)(F)F.F[P-](F)(F)(F)(F)F.O=Cc1ccc2[n+](c1)CC[n+]1cc(C=O)ccc1-2. The maximum absolute atomic E-state index is 10.8. The van der Waals surface area contributed by atoms with E-state index in [1.54, 1.807) is 0 Å². The molecular weight excluding hydrogens is 518 g/mol. The van der Waals surface area contributed by atoms with E-state index in [1.807, 2.05) is 36.7 Å². The van der Waals surface area contributed by atoms with Crippen LogP contribution in [-0.2, 0) is 13.1 Å². The summed E-state index contributed by atoms with van der Waals surface area (Å²) in [5.41, 5.74) is 3.47. The van der Waals surface area contributed by atoms with Crippen LogP contribution in [0.5, 0.6) is 0 Å². The maximum atomic E-state index is 10.8. The summed E-state index contributed by atoms with van der Waals surface area (Å²) in [6.07, 6.45) is 5.43. The molecule has 18 heteroatoms. The van der Waals surface area contributed by atoms with Crippen molar-refractivity contribution in [3.05, 3.63) is 47.8 Å². The topological polar surface area (TPSA) is 41.9 Å². The number of hydrogen-bond acceptors (Lipinski definition) is 2. The minimum absolute atomic E-state index is 0.678. The zero-order chi connectivity index (χ0) is 25.4. The molecule has 3 rings (SSSR count). The summed E-state index contributed by atoms with van der Waals surface area (Å²) in [4.78, 5) is 21.5. The van der Waals surface area contributed by atoms with E-state index in [4.69, 9.17) is 0 Å². The van der Waals surface area contributed by atoms with Gasteiger partial charge in [0.1, 0.15) is 0 Å². The Hall–Kier alpha value is -2.34. The number of fused-ring (bicyclic) bond motifs is 3. The Kier molecular flexibility index (Phi) is 6.13.